The van der Waals surface area contributed by atoms with E-state index in [9.17, 15) is 18.0 Å². The molecule has 3 unspecified atom stereocenters. The van der Waals surface area contributed by atoms with Crippen LogP contribution < -0.4 is 10.6 Å². The van der Waals surface area contributed by atoms with Crippen LogP contribution >= 0.6 is 0 Å². The maximum Gasteiger partial charge on any atom is 0.315 e. The molecule has 0 saturated carbocycles. The van der Waals surface area contributed by atoms with Crippen LogP contribution in [0.1, 0.15) is 20.3 Å². The van der Waals surface area contributed by atoms with E-state index < -0.39 is 33.8 Å². The number of sulfone groups is 1. The molecule has 0 aromatic heterocycles. The highest BCUT2D eigenvalue weighted by Gasteiger charge is 2.28. The summed E-state index contributed by atoms with van der Waals surface area (Å²) in [5.74, 6) is -1.43. The van der Waals surface area contributed by atoms with Gasteiger partial charge in [0, 0.05) is 12.6 Å². The summed E-state index contributed by atoms with van der Waals surface area (Å²) in [5, 5.41) is 13.9. The molecular formula is C11H20N2O5S. The van der Waals surface area contributed by atoms with Crippen LogP contribution in [0.25, 0.3) is 0 Å². The molecule has 0 radical (unpaired) electrons. The molecule has 1 saturated heterocycles. The van der Waals surface area contributed by atoms with E-state index in [1.807, 2.05) is 0 Å². The predicted molar refractivity (Wildman–Crippen MR) is 69.6 cm³/mol. The summed E-state index contributed by atoms with van der Waals surface area (Å²) in [6.45, 7) is 3.41. The Hall–Kier alpha value is -1.31. The minimum atomic E-state index is -2.94. The zero-order valence-corrected chi connectivity index (χ0v) is 11.9. The van der Waals surface area contributed by atoms with Gasteiger partial charge in [-0.05, 0) is 26.2 Å². The summed E-state index contributed by atoms with van der Waals surface area (Å²) < 4.78 is 22.5. The van der Waals surface area contributed by atoms with Crippen LogP contribution in [-0.2, 0) is 14.6 Å². The summed E-state index contributed by atoms with van der Waals surface area (Å²) in [6.07, 6.45) is 0.559. The molecule has 1 rings (SSSR count). The van der Waals surface area contributed by atoms with Gasteiger partial charge in [-0.25, -0.2) is 13.2 Å². The van der Waals surface area contributed by atoms with E-state index in [2.05, 4.69) is 10.6 Å². The SMILES string of the molecule is CC(NC(=O)NCC1CCS(=O)(=O)C1)C(C)C(=O)O. The third-order valence-corrected chi connectivity index (χ3v) is 5.21. The molecule has 0 bridgehead atoms. The number of carbonyl (C=O) groups excluding carboxylic acids is 1. The monoisotopic (exact) mass is 292 g/mol. The van der Waals surface area contributed by atoms with Gasteiger partial charge in [-0.2, -0.15) is 0 Å². The van der Waals surface area contributed by atoms with Gasteiger partial charge in [-0.15, -0.1) is 0 Å². The molecule has 0 aliphatic carbocycles. The molecule has 110 valence electrons. The van der Waals surface area contributed by atoms with Crippen LogP contribution in [0.4, 0.5) is 4.79 Å². The highest BCUT2D eigenvalue weighted by molar-refractivity contribution is 7.91. The van der Waals surface area contributed by atoms with Crippen molar-refractivity contribution in [1.29, 1.82) is 0 Å². The van der Waals surface area contributed by atoms with Gasteiger partial charge < -0.3 is 15.7 Å². The quantitative estimate of drug-likeness (QED) is 0.651. The third-order valence-electron chi connectivity index (χ3n) is 3.38. The summed E-state index contributed by atoms with van der Waals surface area (Å²) in [6, 6.07) is -0.963. The average molecular weight is 292 g/mol. The summed E-state index contributed by atoms with van der Waals surface area (Å²) in [4.78, 5) is 22.3. The van der Waals surface area contributed by atoms with Crippen LogP contribution in [-0.4, -0.2) is 49.6 Å². The standard InChI is InChI=1S/C11H20N2O5S/c1-7(10(14)15)8(2)13-11(16)12-5-9-3-4-19(17,18)6-9/h7-9H,3-6H2,1-2H3,(H,14,15)(H2,12,13,16). The van der Waals surface area contributed by atoms with Crippen molar-refractivity contribution in [2.24, 2.45) is 11.8 Å². The summed E-state index contributed by atoms with van der Waals surface area (Å²) in [5.41, 5.74) is 0. The first-order chi connectivity index (χ1) is 8.71. The minimum Gasteiger partial charge on any atom is -0.481 e. The molecule has 0 spiro atoms. The van der Waals surface area contributed by atoms with Crippen LogP contribution in [0.3, 0.4) is 0 Å². The zero-order valence-electron chi connectivity index (χ0n) is 11.0. The Balaban J connectivity index is 2.31. The van der Waals surface area contributed by atoms with Crippen LogP contribution in [0.5, 0.6) is 0 Å². The number of hydrogen-bond donors (Lipinski definition) is 3. The van der Waals surface area contributed by atoms with Crippen LogP contribution in [0.15, 0.2) is 0 Å². The van der Waals surface area contributed by atoms with Gasteiger partial charge >= 0.3 is 12.0 Å². The molecule has 1 heterocycles. The van der Waals surface area contributed by atoms with E-state index in [1.165, 1.54) is 6.92 Å². The Kier molecular flexibility index (Phi) is 5.16. The zero-order chi connectivity index (χ0) is 14.6. The Bertz CT molecular complexity index is 448. The summed E-state index contributed by atoms with van der Waals surface area (Å²) in [7, 11) is -2.94. The van der Waals surface area contributed by atoms with Gasteiger partial charge in [0.25, 0.3) is 0 Å². The van der Waals surface area contributed by atoms with E-state index in [0.29, 0.717) is 13.0 Å². The van der Waals surface area contributed by atoms with E-state index in [0.717, 1.165) is 0 Å². The molecule has 7 nitrogen and oxygen atoms in total. The van der Waals surface area contributed by atoms with Crippen molar-refractivity contribution in [2.45, 2.75) is 26.3 Å². The number of carbonyl (C=O) groups is 2. The normalized spacial score (nSPS) is 24.4. The molecule has 8 heteroatoms. The van der Waals surface area contributed by atoms with Crippen molar-refractivity contribution in [1.82, 2.24) is 10.6 Å². The van der Waals surface area contributed by atoms with Gasteiger partial charge in [-0.1, -0.05) is 0 Å². The number of aliphatic carboxylic acids is 1. The fourth-order valence-corrected chi connectivity index (χ4v) is 3.73. The molecule has 3 atom stereocenters. The maximum atomic E-state index is 11.5. The molecule has 0 aromatic rings. The molecule has 1 aliphatic heterocycles. The Morgan fingerprint density at radius 1 is 1.37 bits per heavy atom. The van der Waals surface area contributed by atoms with Crippen molar-refractivity contribution in [2.75, 3.05) is 18.1 Å². The van der Waals surface area contributed by atoms with E-state index in [-0.39, 0.29) is 17.4 Å². The number of rotatable bonds is 5. The number of amides is 2. The van der Waals surface area contributed by atoms with E-state index >= 15 is 0 Å². The number of hydrogen-bond acceptors (Lipinski definition) is 4. The second-order valence-electron chi connectivity index (χ2n) is 5.04. The van der Waals surface area contributed by atoms with Crippen molar-refractivity contribution in [3.8, 4) is 0 Å². The number of carboxylic acid groups (broad SMARTS) is 1. The Morgan fingerprint density at radius 2 is 2.00 bits per heavy atom. The largest absolute Gasteiger partial charge is 0.481 e. The van der Waals surface area contributed by atoms with Crippen molar-refractivity contribution in [3.63, 3.8) is 0 Å². The second kappa shape index (κ2) is 6.23. The molecular weight excluding hydrogens is 272 g/mol. The van der Waals surface area contributed by atoms with Gasteiger partial charge in [0.1, 0.15) is 0 Å². The highest BCUT2D eigenvalue weighted by atomic mass is 32.2. The van der Waals surface area contributed by atoms with E-state index in [1.54, 1.807) is 6.92 Å². The van der Waals surface area contributed by atoms with Crippen molar-refractivity contribution >= 4 is 21.8 Å². The fourth-order valence-electron chi connectivity index (χ4n) is 1.87. The number of nitrogens with one attached hydrogen (secondary N) is 2. The lowest BCUT2D eigenvalue weighted by Crippen LogP contribution is -2.46. The number of carboxylic acids is 1. The smallest absolute Gasteiger partial charge is 0.315 e. The van der Waals surface area contributed by atoms with Gasteiger partial charge in [0.15, 0.2) is 9.84 Å². The van der Waals surface area contributed by atoms with Gasteiger partial charge in [-0.3, -0.25) is 4.79 Å². The lowest BCUT2D eigenvalue weighted by atomic mass is 10.0. The fraction of sp³-hybridized carbons (Fsp3) is 0.818. The molecule has 1 aliphatic rings. The van der Waals surface area contributed by atoms with Crippen LogP contribution in [0, 0.1) is 11.8 Å². The topological polar surface area (TPSA) is 113 Å². The Morgan fingerprint density at radius 3 is 2.47 bits per heavy atom. The highest BCUT2D eigenvalue weighted by Crippen LogP contribution is 2.17. The van der Waals surface area contributed by atoms with Crippen molar-refractivity contribution in [3.05, 3.63) is 0 Å². The first kappa shape index (κ1) is 15.7. The van der Waals surface area contributed by atoms with Crippen molar-refractivity contribution < 1.29 is 23.1 Å². The molecule has 0 aromatic carbocycles. The Labute approximate surface area is 112 Å². The van der Waals surface area contributed by atoms with Gasteiger partial charge in [0.05, 0.1) is 17.4 Å². The van der Waals surface area contributed by atoms with E-state index in [4.69, 9.17) is 5.11 Å². The minimum absolute atomic E-state index is 0.0528. The number of urea groups is 1. The first-order valence-electron chi connectivity index (χ1n) is 6.19. The molecule has 3 N–H and O–H groups in total. The predicted octanol–water partition coefficient (Wildman–Crippen LogP) is -0.170. The molecule has 19 heavy (non-hydrogen) atoms. The van der Waals surface area contributed by atoms with Crippen LogP contribution in [0.2, 0.25) is 0 Å². The van der Waals surface area contributed by atoms with Gasteiger partial charge in [0.2, 0.25) is 0 Å². The lowest BCUT2D eigenvalue weighted by molar-refractivity contribution is -0.141. The molecule has 1 fully saturated rings. The summed E-state index contributed by atoms with van der Waals surface area (Å²) >= 11 is 0. The lowest BCUT2D eigenvalue weighted by Gasteiger charge is -2.18. The first-order valence-corrected chi connectivity index (χ1v) is 8.01. The maximum absolute atomic E-state index is 11.5. The second-order valence-corrected chi connectivity index (χ2v) is 7.27. The third kappa shape index (κ3) is 5.06. The average Bonchev–Trinajstić information content (AvgIpc) is 2.65. The molecule has 2 amide bonds.